The highest BCUT2D eigenvalue weighted by Crippen LogP contribution is 2.16. The highest BCUT2D eigenvalue weighted by Gasteiger charge is 1.99. The molecule has 0 bridgehead atoms. The predicted octanol–water partition coefficient (Wildman–Crippen LogP) is 1.13. The molecule has 0 aliphatic heterocycles. The van der Waals surface area contributed by atoms with E-state index in [9.17, 15) is 0 Å². The van der Waals surface area contributed by atoms with Gasteiger partial charge in [-0.05, 0) is 15.9 Å². The summed E-state index contributed by atoms with van der Waals surface area (Å²) < 4.78 is 2.62. The van der Waals surface area contributed by atoms with E-state index in [1.807, 2.05) is 0 Å². The molecular formula is C9H11BrN6. The normalized spacial score (nSPS) is 10.3. The Kier molecular flexibility index (Phi) is 3.35. The van der Waals surface area contributed by atoms with Crippen LogP contribution in [0, 0.1) is 0 Å². The zero-order valence-corrected chi connectivity index (χ0v) is 10.1. The second-order valence-corrected chi connectivity index (χ2v) is 4.04. The number of nitrogens with one attached hydrogen (secondary N) is 1. The van der Waals surface area contributed by atoms with Crippen LogP contribution in [-0.4, -0.2) is 26.3 Å². The molecule has 0 saturated carbocycles. The van der Waals surface area contributed by atoms with Crippen LogP contribution in [0.15, 0.2) is 29.4 Å². The first-order valence-corrected chi connectivity index (χ1v) is 5.52. The number of nitrogen functional groups attached to an aromatic ring is 1. The average Bonchev–Trinajstić information content (AvgIpc) is 2.67. The van der Waals surface area contributed by atoms with Gasteiger partial charge in [0.05, 0.1) is 22.9 Å². The van der Waals surface area contributed by atoms with Crippen molar-refractivity contribution >= 4 is 27.4 Å². The second-order valence-electron chi connectivity index (χ2n) is 3.18. The van der Waals surface area contributed by atoms with Crippen LogP contribution in [0.4, 0.5) is 11.5 Å². The molecule has 3 N–H and O–H groups in total. The Labute approximate surface area is 101 Å². The molecule has 7 heteroatoms. The maximum Gasteiger partial charge on any atom is 0.143 e. The molecule has 0 fully saturated rings. The van der Waals surface area contributed by atoms with Crippen molar-refractivity contribution in [1.82, 2.24) is 19.7 Å². The topological polar surface area (TPSA) is 81.6 Å². The van der Waals surface area contributed by atoms with E-state index in [1.165, 1.54) is 6.33 Å². The first-order chi connectivity index (χ1) is 7.75. The summed E-state index contributed by atoms with van der Waals surface area (Å²) in [4.78, 5) is 7.97. The maximum atomic E-state index is 5.55. The number of hydrogen-bond acceptors (Lipinski definition) is 5. The molecule has 84 valence electrons. The van der Waals surface area contributed by atoms with E-state index in [0.29, 0.717) is 5.69 Å². The maximum absolute atomic E-state index is 5.55. The molecule has 16 heavy (non-hydrogen) atoms. The Hall–Kier alpha value is -1.63. The van der Waals surface area contributed by atoms with Crippen LogP contribution in [0.5, 0.6) is 0 Å². The second kappa shape index (κ2) is 4.93. The largest absolute Gasteiger partial charge is 0.396 e. The number of nitrogens with two attached hydrogens (primary N) is 1. The number of halogens is 1. The summed E-state index contributed by atoms with van der Waals surface area (Å²) in [7, 11) is 0. The molecule has 0 saturated heterocycles. The van der Waals surface area contributed by atoms with Crippen molar-refractivity contribution in [2.75, 3.05) is 17.6 Å². The molecule has 0 aliphatic carbocycles. The van der Waals surface area contributed by atoms with Gasteiger partial charge in [0.15, 0.2) is 0 Å². The van der Waals surface area contributed by atoms with Crippen molar-refractivity contribution in [3.05, 3.63) is 29.4 Å². The molecule has 6 nitrogen and oxygen atoms in total. The molecule has 0 radical (unpaired) electrons. The fraction of sp³-hybridized carbons (Fsp3) is 0.222. The molecule has 0 spiro atoms. The van der Waals surface area contributed by atoms with Crippen molar-refractivity contribution in [3.8, 4) is 0 Å². The van der Waals surface area contributed by atoms with Gasteiger partial charge < -0.3 is 11.1 Å². The molecule has 2 rings (SSSR count). The van der Waals surface area contributed by atoms with E-state index in [1.54, 1.807) is 23.3 Å². The molecule has 0 aromatic carbocycles. The zero-order valence-electron chi connectivity index (χ0n) is 8.47. The van der Waals surface area contributed by atoms with Crippen LogP contribution in [0.25, 0.3) is 0 Å². The van der Waals surface area contributed by atoms with Crippen molar-refractivity contribution in [2.24, 2.45) is 0 Å². The van der Waals surface area contributed by atoms with Gasteiger partial charge in [-0.25, -0.2) is 9.97 Å². The van der Waals surface area contributed by atoms with Gasteiger partial charge in [0.25, 0.3) is 0 Å². The molecule has 0 atom stereocenters. The number of nitrogens with zero attached hydrogens (tertiary/aromatic N) is 4. The van der Waals surface area contributed by atoms with Gasteiger partial charge in [0, 0.05) is 18.9 Å². The summed E-state index contributed by atoms with van der Waals surface area (Å²) >= 11 is 3.36. The lowest BCUT2D eigenvalue weighted by Gasteiger charge is -2.06. The van der Waals surface area contributed by atoms with Crippen LogP contribution < -0.4 is 11.1 Å². The summed E-state index contributed by atoms with van der Waals surface area (Å²) in [5.74, 6) is 0.773. The fourth-order valence-electron chi connectivity index (χ4n) is 1.23. The molecule has 2 aromatic heterocycles. The van der Waals surface area contributed by atoms with E-state index in [2.05, 4.69) is 36.3 Å². The van der Waals surface area contributed by atoms with Crippen LogP contribution in [0.2, 0.25) is 0 Å². The van der Waals surface area contributed by atoms with E-state index in [0.717, 1.165) is 23.4 Å². The van der Waals surface area contributed by atoms with Crippen LogP contribution in [-0.2, 0) is 6.54 Å². The van der Waals surface area contributed by atoms with Gasteiger partial charge in [-0.1, -0.05) is 0 Å². The highest BCUT2D eigenvalue weighted by molar-refractivity contribution is 9.10. The van der Waals surface area contributed by atoms with Crippen LogP contribution in [0.3, 0.4) is 0 Å². The molecule has 2 heterocycles. The quantitative estimate of drug-likeness (QED) is 0.879. The number of anilines is 2. The Morgan fingerprint density at radius 2 is 2.31 bits per heavy atom. The van der Waals surface area contributed by atoms with E-state index in [4.69, 9.17) is 5.73 Å². The zero-order chi connectivity index (χ0) is 11.4. The van der Waals surface area contributed by atoms with Gasteiger partial charge in [0.1, 0.15) is 12.1 Å². The number of hydrogen-bond donors (Lipinski definition) is 2. The smallest absolute Gasteiger partial charge is 0.143 e. The average molecular weight is 283 g/mol. The number of rotatable bonds is 4. The summed E-state index contributed by atoms with van der Waals surface area (Å²) in [6.45, 7) is 1.45. The minimum atomic E-state index is 0.670. The molecule has 2 aromatic rings. The standard InChI is InChI=1S/C9H11BrN6/c10-8-4-12-6-14-9(8)13-1-2-16-5-7(11)3-15-16/h3-6H,1-2,11H2,(H,12,13,14). The fourth-order valence-corrected chi connectivity index (χ4v) is 1.59. The van der Waals surface area contributed by atoms with Crippen molar-refractivity contribution in [1.29, 1.82) is 0 Å². The van der Waals surface area contributed by atoms with Crippen molar-refractivity contribution in [3.63, 3.8) is 0 Å². The minimum Gasteiger partial charge on any atom is -0.396 e. The minimum absolute atomic E-state index is 0.670. The third-order valence-electron chi connectivity index (χ3n) is 1.95. The summed E-state index contributed by atoms with van der Waals surface area (Å²) in [6.07, 6.45) is 6.61. The van der Waals surface area contributed by atoms with Gasteiger partial charge >= 0.3 is 0 Å². The summed E-state index contributed by atoms with van der Waals surface area (Å²) in [5.41, 5.74) is 6.22. The summed E-state index contributed by atoms with van der Waals surface area (Å²) in [6, 6.07) is 0. The van der Waals surface area contributed by atoms with Crippen molar-refractivity contribution in [2.45, 2.75) is 6.54 Å². The van der Waals surface area contributed by atoms with Gasteiger partial charge in [-0.3, -0.25) is 4.68 Å². The van der Waals surface area contributed by atoms with Gasteiger partial charge in [0.2, 0.25) is 0 Å². The lowest BCUT2D eigenvalue weighted by molar-refractivity contribution is 0.637. The Morgan fingerprint density at radius 3 is 3.00 bits per heavy atom. The van der Waals surface area contributed by atoms with Gasteiger partial charge in [-0.2, -0.15) is 5.10 Å². The molecule has 0 aliphatic rings. The van der Waals surface area contributed by atoms with E-state index in [-0.39, 0.29) is 0 Å². The molecular weight excluding hydrogens is 272 g/mol. The van der Waals surface area contributed by atoms with Gasteiger partial charge in [-0.15, -0.1) is 0 Å². The third-order valence-corrected chi connectivity index (χ3v) is 2.53. The number of aromatic nitrogens is 4. The van der Waals surface area contributed by atoms with Crippen LogP contribution in [0.1, 0.15) is 0 Å². The molecule has 0 unspecified atom stereocenters. The lowest BCUT2D eigenvalue weighted by Crippen LogP contribution is -2.12. The Morgan fingerprint density at radius 1 is 1.44 bits per heavy atom. The first kappa shape index (κ1) is 10.9. The molecule has 0 amide bonds. The first-order valence-electron chi connectivity index (χ1n) is 4.73. The van der Waals surface area contributed by atoms with E-state index < -0.39 is 0 Å². The van der Waals surface area contributed by atoms with Crippen molar-refractivity contribution < 1.29 is 0 Å². The van der Waals surface area contributed by atoms with Crippen LogP contribution >= 0.6 is 15.9 Å². The van der Waals surface area contributed by atoms with E-state index >= 15 is 0 Å². The predicted molar refractivity (Wildman–Crippen MR) is 64.9 cm³/mol. The Bertz CT molecular complexity index is 469. The third kappa shape index (κ3) is 2.69. The lowest BCUT2D eigenvalue weighted by atomic mass is 10.5. The summed E-state index contributed by atoms with van der Waals surface area (Å²) in [5, 5.41) is 7.25. The SMILES string of the molecule is Nc1cnn(CCNc2ncncc2Br)c1. The monoisotopic (exact) mass is 282 g/mol. The highest BCUT2D eigenvalue weighted by atomic mass is 79.9. The Balaban J connectivity index is 1.87.